The molecule has 0 radical (unpaired) electrons. The molecule has 1 fully saturated rings. The molecule has 2 unspecified atom stereocenters. The number of nitrogens with one attached hydrogen (secondary N) is 1. The van der Waals surface area contributed by atoms with Crippen LogP contribution in [0.3, 0.4) is 0 Å². The molecule has 0 saturated carbocycles. The van der Waals surface area contributed by atoms with E-state index in [1.807, 2.05) is 0 Å². The Bertz CT molecular complexity index is 421. The zero-order valence-electron chi connectivity index (χ0n) is 10.2. The lowest BCUT2D eigenvalue weighted by Gasteiger charge is -2.25. The van der Waals surface area contributed by atoms with Crippen molar-refractivity contribution in [2.75, 3.05) is 18.1 Å². The lowest BCUT2D eigenvalue weighted by atomic mass is 10.0. The van der Waals surface area contributed by atoms with Crippen LogP contribution in [0.1, 0.15) is 24.9 Å². The van der Waals surface area contributed by atoms with Crippen LogP contribution in [-0.4, -0.2) is 28.8 Å². The first-order valence-electron chi connectivity index (χ1n) is 5.99. The fraction of sp³-hybridized carbons (Fsp3) is 0.538. The molecule has 0 aliphatic carbocycles. The summed E-state index contributed by atoms with van der Waals surface area (Å²) in [6.45, 7) is 2.17. The van der Waals surface area contributed by atoms with Crippen LogP contribution in [0.15, 0.2) is 18.2 Å². The predicted molar refractivity (Wildman–Crippen MR) is 69.7 cm³/mol. The Kier molecular flexibility index (Phi) is 4.25. The number of hydrogen-bond acceptors (Lipinski definition) is 3. The van der Waals surface area contributed by atoms with Crippen LogP contribution in [0.4, 0.5) is 8.78 Å². The van der Waals surface area contributed by atoms with E-state index in [1.165, 1.54) is 6.07 Å². The standard InChI is InChI=1S/C13H17F2NOS/c1-9(11-6-10(14)2-3-12(11)15)16-7-13(17)4-5-18-8-13/h2-3,6,9,16-17H,4-5,7-8H2,1H3. The number of halogens is 2. The third kappa shape index (κ3) is 3.22. The molecule has 2 atom stereocenters. The van der Waals surface area contributed by atoms with E-state index >= 15 is 0 Å². The highest BCUT2D eigenvalue weighted by molar-refractivity contribution is 7.99. The van der Waals surface area contributed by atoms with Gasteiger partial charge in [-0.1, -0.05) is 0 Å². The maximum atomic E-state index is 13.5. The van der Waals surface area contributed by atoms with E-state index in [-0.39, 0.29) is 6.04 Å². The lowest BCUT2D eigenvalue weighted by molar-refractivity contribution is 0.0650. The molecule has 2 N–H and O–H groups in total. The SMILES string of the molecule is CC(NCC1(O)CCSC1)c1cc(F)ccc1F. The van der Waals surface area contributed by atoms with E-state index in [4.69, 9.17) is 0 Å². The van der Waals surface area contributed by atoms with Gasteiger partial charge in [0.25, 0.3) is 0 Å². The van der Waals surface area contributed by atoms with Gasteiger partial charge in [0.15, 0.2) is 0 Å². The third-order valence-corrected chi connectivity index (χ3v) is 4.48. The Morgan fingerprint density at radius 2 is 2.28 bits per heavy atom. The molecule has 18 heavy (non-hydrogen) atoms. The van der Waals surface area contributed by atoms with Gasteiger partial charge >= 0.3 is 0 Å². The zero-order valence-corrected chi connectivity index (χ0v) is 11.1. The summed E-state index contributed by atoms with van der Waals surface area (Å²) < 4.78 is 26.6. The number of rotatable bonds is 4. The summed E-state index contributed by atoms with van der Waals surface area (Å²) in [5, 5.41) is 13.2. The Morgan fingerprint density at radius 1 is 1.50 bits per heavy atom. The highest BCUT2D eigenvalue weighted by atomic mass is 32.2. The maximum absolute atomic E-state index is 13.5. The topological polar surface area (TPSA) is 32.3 Å². The molecule has 1 aliphatic heterocycles. The fourth-order valence-corrected chi connectivity index (χ4v) is 3.33. The van der Waals surface area contributed by atoms with Gasteiger partial charge in [-0.25, -0.2) is 8.78 Å². The average Bonchev–Trinajstić information content (AvgIpc) is 2.77. The third-order valence-electron chi connectivity index (χ3n) is 3.24. The van der Waals surface area contributed by atoms with E-state index in [9.17, 15) is 13.9 Å². The molecular formula is C13H17F2NOS. The van der Waals surface area contributed by atoms with Crippen molar-refractivity contribution in [3.05, 3.63) is 35.4 Å². The second-order valence-corrected chi connectivity index (χ2v) is 5.90. The lowest BCUT2D eigenvalue weighted by Crippen LogP contribution is -2.41. The van der Waals surface area contributed by atoms with E-state index in [0.717, 1.165) is 24.3 Å². The monoisotopic (exact) mass is 273 g/mol. The van der Waals surface area contributed by atoms with E-state index in [1.54, 1.807) is 18.7 Å². The highest BCUT2D eigenvalue weighted by Gasteiger charge is 2.31. The molecular weight excluding hydrogens is 256 g/mol. The molecule has 0 spiro atoms. The summed E-state index contributed by atoms with van der Waals surface area (Å²) in [4.78, 5) is 0. The van der Waals surface area contributed by atoms with Crippen molar-refractivity contribution >= 4 is 11.8 Å². The fourth-order valence-electron chi connectivity index (χ4n) is 2.04. The maximum Gasteiger partial charge on any atom is 0.128 e. The van der Waals surface area contributed by atoms with Crippen molar-refractivity contribution < 1.29 is 13.9 Å². The summed E-state index contributed by atoms with van der Waals surface area (Å²) in [6, 6.07) is 3.10. The second kappa shape index (κ2) is 5.55. The minimum atomic E-state index is -0.720. The molecule has 1 aromatic carbocycles. The van der Waals surface area contributed by atoms with Crippen molar-refractivity contribution in [1.82, 2.24) is 5.32 Å². The molecule has 1 saturated heterocycles. The van der Waals surface area contributed by atoms with Crippen molar-refractivity contribution in [2.45, 2.75) is 25.0 Å². The van der Waals surface area contributed by atoms with Gasteiger partial charge in [-0.05, 0) is 37.3 Å². The van der Waals surface area contributed by atoms with E-state index < -0.39 is 17.2 Å². The largest absolute Gasteiger partial charge is 0.388 e. The van der Waals surface area contributed by atoms with Gasteiger partial charge in [0.2, 0.25) is 0 Å². The predicted octanol–water partition coefficient (Wildman–Crippen LogP) is 2.48. The summed E-state index contributed by atoms with van der Waals surface area (Å²) in [7, 11) is 0. The number of aliphatic hydroxyl groups is 1. The molecule has 2 rings (SSSR count). The van der Waals surface area contributed by atoms with Crippen molar-refractivity contribution in [3.63, 3.8) is 0 Å². The summed E-state index contributed by atoms with van der Waals surface area (Å²) in [6.07, 6.45) is 0.739. The molecule has 5 heteroatoms. The van der Waals surface area contributed by atoms with Crippen LogP contribution in [0.25, 0.3) is 0 Å². The smallest absolute Gasteiger partial charge is 0.128 e. The van der Waals surface area contributed by atoms with Crippen LogP contribution in [0.5, 0.6) is 0 Å². The quantitative estimate of drug-likeness (QED) is 0.884. The molecule has 2 nitrogen and oxygen atoms in total. The Hall–Kier alpha value is -0.650. The van der Waals surface area contributed by atoms with Gasteiger partial charge in [0.05, 0.1) is 5.60 Å². The molecule has 1 aliphatic rings. The van der Waals surface area contributed by atoms with Crippen LogP contribution in [0.2, 0.25) is 0 Å². The van der Waals surface area contributed by atoms with Crippen LogP contribution in [0, 0.1) is 11.6 Å². The Labute approximate surface area is 110 Å². The molecule has 1 aromatic rings. The van der Waals surface area contributed by atoms with Crippen LogP contribution in [-0.2, 0) is 0 Å². The molecule has 0 aromatic heterocycles. The van der Waals surface area contributed by atoms with Gasteiger partial charge in [-0.3, -0.25) is 0 Å². The van der Waals surface area contributed by atoms with Gasteiger partial charge < -0.3 is 10.4 Å². The number of thioether (sulfide) groups is 1. The molecule has 0 amide bonds. The van der Waals surface area contributed by atoms with E-state index in [2.05, 4.69) is 5.32 Å². The normalized spacial score (nSPS) is 25.3. The van der Waals surface area contributed by atoms with Crippen molar-refractivity contribution in [1.29, 1.82) is 0 Å². The first-order valence-corrected chi connectivity index (χ1v) is 7.14. The highest BCUT2D eigenvalue weighted by Crippen LogP contribution is 2.28. The number of benzene rings is 1. The molecule has 1 heterocycles. The van der Waals surface area contributed by atoms with Crippen LogP contribution >= 0.6 is 11.8 Å². The molecule has 0 bridgehead atoms. The zero-order chi connectivity index (χ0) is 13.2. The van der Waals surface area contributed by atoms with Gasteiger partial charge in [0, 0.05) is 23.9 Å². The Balaban J connectivity index is 1.99. The Morgan fingerprint density at radius 3 is 2.94 bits per heavy atom. The molecule has 100 valence electrons. The minimum Gasteiger partial charge on any atom is -0.388 e. The average molecular weight is 273 g/mol. The van der Waals surface area contributed by atoms with Crippen molar-refractivity contribution in [2.24, 2.45) is 0 Å². The number of hydrogen-bond donors (Lipinski definition) is 2. The van der Waals surface area contributed by atoms with Gasteiger partial charge in [-0.15, -0.1) is 0 Å². The van der Waals surface area contributed by atoms with Gasteiger partial charge in [-0.2, -0.15) is 11.8 Å². The first kappa shape index (κ1) is 13.8. The summed E-state index contributed by atoms with van der Waals surface area (Å²) in [5.41, 5.74) is -0.424. The second-order valence-electron chi connectivity index (χ2n) is 4.80. The van der Waals surface area contributed by atoms with Crippen LogP contribution < -0.4 is 5.32 Å². The van der Waals surface area contributed by atoms with E-state index in [0.29, 0.717) is 17.9 Å². The summed E-state index contributed by atoms with van der Waals surface area (Å²) >= 11 is 1.71. The first-order chi connectivity index (χ1) is 8.50. The summed E-state index contributed by atoms with van der Waals surface area (Å²) in [5.74, 6) is 0.763. The minimum absolute atomic E-state index is 0.296. The van der Waals surface area contributed by atoms with Crippen molar-refractivity contribution in [3.8, 4) is 0 Å². The van der Waals surface area contributed by atoms with Gasteiger partial charge in [0.1, 0.15) is 11.6 Å².